The van der Waals surface area contributed by atoms with Gasteiger partial charge in [-0.2, -0.15) is 8.78 Å². The van der Waals surface area contributed by atoms with Crippen molar-refractivity contribution in [3.63, 3.8) is 0 Å². The second-order valence-corrected chi connectivity index (χ2v) is 8.33. The Labute approximate surface area is 165 Å². The first-order valence-electron chi connectivity index (χ1n) is 9.32. The Balaban J connectivity index is 1.39. The Morgan fingerprint density at radius 2 is 1.79 bits per heavy atom. The van der Waals surface area contributed by atoms with Gasteiger partial charge >= 0.3 is 6.43 Å². The van der Waals surface area contributed by atoms with Crippen molar-refractivity contribution in [2.45, 2.75) is 25.3 Å². The van der Waals surface area contributed by atoms with Crippen LogP contribution in [-0.2, 0) is 4.79 Å². The van der Waals surface area contributed by atoms with Crippen LogP contribution in [0.15, 0.2) is 36.4 Å². The first-order valence-corrected chi connectivity index (χ1v) is 10.1. The number of nitrogens with zero attached hydrogens (tertiary/aromatic N) is 1. The molecule has 0 radical (unpaired) electrons. The number of alkyl halides is 2. The summed E-state index contributed by atoms with van der Waals surface area (Å²) >= 11 is 1.39. The predicted octanol–water partition coefficient (Wildman–Crippen LogP) is 3.44. The van der Waals surface area contributed by atoms with Crippen LogP contribution < -0.4 is 10.6 Å². The van der Waals surface area contributed by atoms with E-state index in [1.54, 1.807) is 24.3 Å². The molecule has 1 aromatic heterocycles. The molecule has 2 amide bonds. The molecule has 3 saturated heterocycles. The molecule has 8 heteroatoms. The highest BCUT2D eigenvalue weighted by Crippen LogP contribution is 2.31. The molecule has 3 fully saturated rings. The summed E-state index contributed by atoms with van der Waals surface area (Å²) in [6, 6.07) is 10.5. The van der Waals surface area contributed by atoms with Gasteiger partial charge in [0.05, 0.1) is 4.88 Å². The lowest BCUT2D eigenvalue weighted by Gasteiger charge is -2.44. The number of benzene rings is 1. The number of amides is 2. The molecule has 2 bridgehead atoms. The van der Waals surface area contributed by atoms with E-state index in [-0.39, 0.29) is 11.9 Å². The standard InChI is InChI=1S/C20H21F2N3O2S/c21-18(22)20(27)23-14-3-1-13(2-4-14)16-5-6-17(28-16)19(26)24-15-11-25-9-7-12(15)8-10-25/h1-6,12,15,18H,7-11H2,(H,23,27)(H,24,26). The Morgan fingerprint density at radius 3 is 2.39 bits per heavy atom. The van der Waals surface area contributed by atoms with E-state index in [2.05, 4.69) is 15.5 Å². The smallest absolute Gasteiger partial charge is 0.315 e. The van der Waals surface area contributed by atoms with E-state index in [9.17, 15) is 18.4 Å². The molecule has 2 aromatic rings. The maximum atomic E-state index is 12.6. The molecular weight excluding hydrogens is 384 g/mol. The summed E-state index contributed by atoms with van der Waals surface area (Å²) < 4.78 is 24.6. The first kappa shape index (κ1) is 19.0. The van der Waals surface area contributed by atoms with Gasteiger partial charge in [-0.25, -0.2) is 0 Å². The molecule has 3 aliphatic heterocycles. The Morgan fingerprint density at radius 1 is 1.07 bits per heavy atom. The van der Waals surface area contributed by atoms with E-state index in [4.69, 9.17) is 0 Å². The van der Waals surface area contributed by atoms with Gasteiger partial charge in [-0.1, -0.05) is 12.1 Å². The van der Waals surface area contributed by atoms with Gasteiger partial charge in [0.25, 0.3) is 11.8 Å². The minimum Gasteiger partial charge on any atom is -0.347 e. The predicted molar refractivity (Wildman–Crippen MR) is 105 cm³/mol. The molecule has 2 N–H and O–H groups in total. The number of carbonyl (C=O) groups is 2. The average Bonchev–Trinajstić information content (AvgIpc) is 3.20. The average molecular weight is 405 g/mol. The summed E-state index contributed by atoms with van der Waals surface area (Å²) in [5.41, 5.74) is 1.17. The van der Waals surface area contributed by atoms with Gasteiger partial charge in [0.2, 0.25) is 0 Å². The third-order valence-corrected chi connectivity index (χ3v) is 6.57. The van der Waals surface area contributed by atoms with Gasteiger partial charge in [0.1, 0.15) is 0 Å². The monoisotopic (exact) mass is 405 g/mol. The lowest BCUT2D eigenvalue weighted by atomic mass is 9.84. The van der Waals surface area contributed by atoms with Gasteiger partial charge in [-0.05, 0) is 61.7 Å². The molecule has 3 aliphatic rings. The number of hydrogen-bond donors (Lipinski definition) is 2. The van der Waals surface area contributed by atoms with E-state index in [0.717, 1.165) is 42.9 Å². The molecule has 0 spiro atoms. The summed E-state index contributed by atoms with van der Waals surface area (Å²) in [5.74, 6) is -0.796. The van der Waals surface area contributed by atoms with E-state index in [1.165, 1.54) is 11.3 Å². The SMILES string of the molecule is O=C(NC1CN2CCC1CC2)c1ccc(-c2ccc(NC(=O)C(F)F)cc2)s1. The van der Waals surface area contributed by atoms with Gasteiger partial charge in [-0.15, -0.1) is 11.3 Å². The van der Waals surface area contributed by atoms with Gasteiger partial charge in [0.15, 0.2) is 0 Å². The van der Waals surface area contributed by atoms with Crippen molar-refractivity contribution in [2.24, 2.45) is 5.92 Å². The molecule has 5 nitrogen and oxygen atoms in total. The Hall–Kier alpha value is -2.32. The zero-order chi connectivity index (χ0) is 19.7. The molecule has 1 unspecified atom stereocenters. The van der Waals surface area contributed by atoms with Gasteiger partial charge in [0, 0.05) is 23.2 Å². The van der Waals surface area contributed by atoms with E-state index < -0.39 is 12.3 Å². The zero-order valence-corrected chi connectivity index (χ0v) is 16.0. The van der Waals surface area contributed by atoms with Crippen LogP contribution in [0.25, 0.3) is 10.4 Å². The fourth-order valence-electron chi connectivity index (χ4n) is 3.90. The molecule has 4 heterocycles. The molecule has 148 valence electrons. The molecule has 5 rings (SSSR count). The van der Waals surface area contributed by atoms with Crippen molar-refractivity contribution in [1.82, 2.24) is 10.2 Å². The first-order chi connectivity index (χ1) is 13.5. The summed E-state index contributed by atoms with van der Waals surface area (Å²) in [6.07, 6.45) is -0.751. The van der Waals surface area contributed by atoms with Gasteiger partial charge in [-0.3, -0.25) is 9.59 Å². The second kappa shape index (κ2) is 7.97. The minimum absolute atomic E-state index is 0.0455. The van der Waals surface area contributed by atoms with Crippen molar-refractivity contribution >= 4 is 28.8 Å². The Bertz CT molecular complexity index is 861. The van der Waals surface area contributed by atoms with E-state index in [0.29, 0.717) is 16.5 Å². The third-order valence-electron chi connectivity index (χ3n) is 5.44. The molecular formula is C20H21F2N3O2S. The van der Waals surface area contributed by atoms with Crippen LogP contribution in [-0.4, -0.2) is 48.8 Å². The van der Waals surface area contributed by atoms with Crippen LogP contribution >= 0.6 is 11.3 Å². The zero-order valence-electron chi connectivity index (χ0n) is 15.2. The number of hydrogen-bond acceptors (Lipinski definition) is 4. The lowest BCUT2D eigenvalue weighted by Crippen LogP contribution is -2.57. The number of nitrogens with one attached hydrogen (secondary N) is 2. The maximum absolute atomic E-state index is 12.6. The van der Waals surface area contributed by atoms with Gasteiger partial charge < -0.3 is 15.5 Å². The molecule has 1 aromatic carbocycles. The second-order valence-electron chi connectivity index (χ2n) is 7.25. The third kappa shape index (κ3) is 4.07. The lowest BCUT2D eigenvalue weighted by molar-refractivity contribution is -0.126. The summed E-state index contributed by atoms with van der Waals surface area (Å²) in [5, 5.41) is 5.33. The normalized spacial score (nSPS) is 23.6. The fraction of sp³-hybridized carbons (Fsp3) is 0.400. The van der Waals surface area contributed by atoms with E-state index in [1.807, 2.05) is 12.1 Å². The quantitative estimate of drug-likeness (QED) is 0.801. The highest BCUT2D eigenvalue weighted by Gasteiger charge is 2.35. The van der Waals surface area contributed by atoms with Crippen LogP contribution in [0.4, 0.5) is 14.5 Å². The van der Waals surface area contributed by atoms with Crippen molar-refractivity contribution in [3.8, 4) is 10.4 Å². The number of thiophene rings is 1. The highest BCUT2D eigenvalue weighted by molar-refractivity contribution is 7.17. The highest BCUT2D eigenvalue weighted by atomic mass is 32.1. The van der Waals surface area contributed by atoms with E-state index >= 15 is 0 Å². The number of halogens is 2. The number of fused-ring (bicyclic) bond motifs is 3. The maximum Gasteiger partial charge on any atom is 0.315 e. The van der Waals surface area contributed by atoms with Crippen LogP contribution in [0, 0.1) is 5.92 Å². The largest absolute Gasteiger partial charge is 0.347 e. The fourth-order valence-corrected chi connectivity index (χ4v) is 4.81. The summed E-state index contributed by atoms with van der Waals surface area (Å²) in [6.45, 7) is 3.20. The molecule has 28 heavy (non-hydrogen) atoms. The van der Waals surface area contributed by atoms with Crippen LogP contribution in [0.2, 0.25) is 0 Å². The molecule has 1 atom stereocenters. The topological polar surface area (TPSA) is 61.4 Å². The Kier molecular flexibility index (Phi) is 5.41. The van der Waals surface area contributed by atoms with Crippen molar-refractivity contribution < 1.29 is 18.4 Å². The van der Waals surface area contributed by atoms with Crippen molar-refractivity contribution in [1.29, 1.82) is 0 Å². The molecule has 0 aliphatic carbocycles. The number of rotatable bonds is 5. The van der Waals surface area contributed by atoms with Crippen molar-refractivity contribution in [3.05, 3.63) is 41.3 Å². The number of anilines is 1. The van der Waals surface area contributed by atoms with Crippen LogP contribution in [0.1, 0.15) is 22.5 Å². The summed E-state index contributed by atoms with van der Waals surface area (Å²) in [4.78, 5) is 27.6. The van der Waals surface area contributed by atoms with Crippen LogP contribution in [0.3, 0.4) is 0 Å². The minimum atomic E-state index is -3.05. The van der Waals surface area contributed by atoms with Crippen molar-refractivity contribution in [2.75, 3.05) is 25.0 Å². The molecule has 0 saturated carbocycles. The van der Waals surface area contributed by atoms with Crippen LogP contribution in [0.5, 0.6) is 0 Å². The number of piperidine rings is 3. The number of carbonyl (C=O) groups excluding carboxylic acids is 2. The summed E-state index contributed by atoms with van der Waals surface area (Å²) in [7, 11) is 0.